The Kier molecular flexibility index (Phi) is 8.11. The largest absolute Gasteiger partial charge is 0.348 e. The van der Waals surface area contributed by atoms with Gasteiger partial charge in [-0.25, -0.2) is 0 Å². The molecule has 1 saturated heterocycles. The number of piperidine rings is 1. The highest BCUT2D eigenvalue weighted by atomic mass is 16.2. The molecule has 0 saturated carbocycles. The molecule has 1 aliphatic rings. The molecule has 0 aromatic carbocycles. The smallest absolute Gasteiger partial charge is 0.236 e. The number of carbonyl (C=O) groups is 1. The maximum Gasteiger partial charge on any atom is 0.236 e. The first-order valence-corrected chi connectivity index (χ1v) is 7.79. The van der Waals surface area contributed by atoms with Crippen molar-refractivity contribution in [3.63, 3.8) is 0 Å². The topological polar surface area (TPSA) is 38.8 Å². The lowest BCUT2D eigenvalue weighted by atomic mass is 10.0. The molecule has 5 heteroatoms. The number of likely N-dealkylation sites (tertiary alicyclic amines) is 1. The number of unbranched alkanes of at least 4 members (excludes halogenated alkanes) is 1. The van der Waals surface area contributed by atoms with E-state index < -0.39 is 0 Å². The summed E-state index contributed by atoms with van der Waals surface area (Å²) in [6.45, 7) is 4.94. The Morgan fingerprint density at radius 1 is 1.15 bits per heavy atom. The highest BCUT2D eigenvalue weighted by molar-refractivity contribution is 5.77. The van der Waals surface area contributed by atoms with Crippen LogP contribution in [-0.4, -0.2) is 87.6 Å². The van der Waals surface area contributed by atoms with Crippen LogP contribution in [0.1, 0.15) is 25.7 Å². The molecule has 0 aromatic rings. The fourth-order valence-electron chi connectivity index (χ4n) is 2.49. The van der Waals surface area contributed by atoms with E-state index in [1.165, 1.54) is 19.4 Å². The van der Waals surface area contributed by atoms with Crippen LogP contribution in [0.15, 0.2) is 0 Å². The Labute approximate surface area is 124 Å². The molecule has 118 valence electrons. The first-order chi connectivity index (χ1) is 9.49. The minimum absolute atomic E-state index is 0.208. The van der Waals surface area contributed by atoms with Gasteiger partial charge in [0.2, 0.25) is 5.91 Å². The van der Waals surface area contributed by atoms with E-state index in [9.17, 15) is 4.79 Å². The lowest BCUT2D eigenvalue weighted by Crippen LogP contribution is -2.46. The molecule has 1 fully saturated rings. The number of hydrogen-bond acceptors (Lipinski definition) is 4. The number of likely N-dealkylation sites (N-methyl/N-ethyl adjacent to an activating group) is 1. The molecular formula is C15H32N4O. The summed E-state index contributed by atoms with van der Waals surface area (Å²) in [5, 5.41) is 3.65. The van der Waals surface area contributed by atoms with Crippen molar-refractivity contribution < 1.29 is 4.79 Å². The normalized spacial score (nSPS) is 17.6. The van der Waals surface area contributed by atoms with Crippen LogP contribution < -0.4 is 5.32 Å². The van der Waals surface area contributed by atoms with Gasteiger partial charge < -0.3 is 15.1 Å². The maximum absolute atomic E-state index is 11.7. The zero-order valence-corrected chi connectivity index (χ0v) is 13.7. The van der Waals surface area contributed by atoms with Gasteiger partial charge in [0, 0.05) is 33.2 Å². The molecule has 1 amide bonds. The van der Waals surface area contributed by atoms with Crippen molar-refractivity contribution in [1.29, 1.82) is 0 Å². The van der Waals surface area contributed by atoms with Crippen molar-refractivity contribution in [3.8, 4) is 0 Å². The Hall–Kier alpha value is -0.650. The van der Waals surface area contributed by atoms with Gasteiger partial charge in [-0.05, 0) is 52.9 Å². The van der Waals surface area contributed by atoms with Crippen LogP contribution in [0.4, 0.5) is 0 Å². The predicted octanol–water partition coefficient (Wildman–Crippen LogP) is 0.470. The number of amides is 1. The lowest BCUT2D eigenvalue weighted by molar-refractivity contribution is -0.130. The summed E-state index contributed by atoms with van der Waals surface area (Å²) in [7, 11) is 7.89. The SMILES string of the molecule is CN(C)CCCCNC1CCN(CC(=O)N(C)C)CC1. The number of carbonyl (C=O) groups excluding carboxylic acids is 1. The van der Waals surface area contributed by atoms with Gasteiger partial charge >= 0.3 is 0 Å². The van der Waals surface area contributed by atoms with E-state index in [0.717, 1.165) is 32.5 Å². The monoisotopic (exact) mass is 284 g/mol. The summed E-state index contributed by atoms with van der Waals surface area (Å²) < 4.78 is 0. The summed E-state index contributed by atoms with van der Waals surface area (Å²) in [6.07, 6.45) is 4.83. The molecule has 0 spiro atoms. The van der Waals surface area contributed by atoms with Crippen LogP contribution >= 0.6 is 0 Å². The molecule has 1 aliphatic heterocycles. The molecule has 0 bridgehead atoms. The van der Waals surface area contributed by atoms with Crippen LogP contribution in [0.2, 0.25) is 0 Å². The van der Waals surface area contributed by atoms with E-state index in [-0.39, 0.29) is 5.91 Å². The summed E-state index contributed by atoms with van der Waals surface area (Å²) in [6, 6.07) is 0.639. The molecule has 1 heterocycles. The van der Waals surface area contributed by atoms with Crippen LogP contribution in [-0.2, 0) is 4.79 Å². The molecule has 0 atom stereocenters. The van der Waals surface area contributed by atoms with Gasteiger partial charge in [-0.1, -0.05) is 0 Å². The number of rotatable bonds is 8. The third kappa shape index (κ3) is 7.22. The summed E-state index contributed by atoms with van der Waals surface area (Å²) in [4.78, 5) is 17.8. The Morgan fingerprint density at radius 3 is 2.35 bits per heavy atom. The van der Waals surface area contributed by atoms with E-state index in [4.69, 9.17) is 0 Å². The van der Waals surface area contributed by atoms with Crippen molar-refractivity contribution in [2.75, 3.05) is 60.9 Å². The van der Waals surface area contributed by atoms with Gasteiger partial charge in [-0.2, -0.15) is 0 Å². The van der Waals surface area contributed by atoms with E-state index in [1.54, 1.807) is 4.90 Å². The van der Waals surface area contributed by atoms with Gasteiger partial charge in [-0.3, -0.25) is 9.69 Å². The van der Waals surface area contributed by atoms with Gasteiger partial charge in [0.05, 0.1) is 6.54 Å². The van der Waals surface area contributed by atoms with Gasteiger partial charge in [0.15, 0.2) is 0 Å². The molecule has 0 unspecified atom stereocenters. The molecule has 0 radical (unpaired) electrons. The van der Waals surface area contributed by atoms with Crippen molar-refractivity contribution in [2.24, 2.45) is 0 Å². The average molecular weight is 284 g/mol. The van der Waals surface area contributed by atoms with E-state index in [1.807, 2.05) is 14.1 Å². The maximum atomic E-state index is 11.7. The summed E-state index contributed by atoms with van der Waals surface area (Å²) in [5.74, 6) is 0.208. The first-order valence-electron chi connectivity index (χ1n) is 7.79. The zero-order chi connectivity index (χ0) is 15.0. The Morgan fingerprint density at radius 2 is 1.80 bits per heavy atom. The highest BCUT2D eigenvalue weighted by Gasteiger charge is 2.20. The van der Waals surface area contributed by atoms with E-state index in [2.05, 4.69) is 29.2 Å². The van der Waals surface area contributed by atoms with Gasteiger partial charge in [0.25, 0.3) is 0 Å². The molecule has 5 nitrogen and oxygen atoms in total. The molecule has 1 N–H and O–H groups in total. The van der Waals surface area contributed by atoms with Crippen molar-refractivity contribution in [2.45, 2.75) is 31.7 Å². The second-order valence-electron chi connectivity index (χ2n) is 6.30. The number of nitrogens with zero attached hydrogens (tertiary/aromatic N) is 3. The molecule has 20 heavy (non-hydrogen) atoms. The Balaban J connectivity index is 2.06. The number of nitrogens with one attached hydrogen (secondary N) is 1. The third-order valence-corrected chi connectivity index (χ3v) is 3.91. The first kappa shape index (κ1) is 17.4. The quantitative estimate of drug-likeness (QED) is 0.658. The van der Waals surface area contributed by atoms with Crippen molar-refractivity contribution in [1.82, 2.24) is 20.0 Å². The standard InChI is InChI=1S/C15H32N4O/c1-17(2)10-6-5-9-16-14-7-11-19(12-8-14)13-15(20)18(3)4/h14,16H,5-13H2,1-4H3. The minimum atomic E-state index is 0.208. The lowest BCUT2D eigenvalue weighted by Gasteiger charge is -2.32. The summed E-state index contributed by atoms with van der Waals surface area (Å²) in [5.41, 5.74) is 0. The predicted molar refractivity (Wildman–Crippen MR) is 83.9 cm³/mol. The molecule has 0 aliphatic carbocycles. The summed E-state index contributed by atoms with van der Waals surface area (Å²) >= 11 is 0. The van der Waals surface area contributed by atoms with Gasteiger partial charge in [-0.15, -0.1) is 0 Å². The van der Waals surface area contributed by atoms with Crippen LogP contribution in [0.5, 0.6) is 0 Å². The van der Waals surface area contributed by atoms with E-state index in [0.29, 0.717) is 12.6 Å². The molecule has 1 rings (SSSR count). The van der Waals surface area contributed by atoms with Crippen molar-refractivity contribution in [3.05, 3.63) is 0 Å². The minimum Gasteiger partial charge on any atom is -0.348 e. The second-order valence-corrected chi connectivity index (χ2v) is 6.30. The number of hydrogen-bond donors (Lipinski definition) is 1. The van der Waals surface area contributed by atoms with E-state index >= 15 is 0 Å². The second kappa shape index (κ2) is 9.32. The van der Waals surface area contributed by atoms with Crippen molar-refractivity contribution >= 4 is 5.91 Å². The molecular weight excluding hydrogens is 252 g/mol. The highest BCUT2D eigenvalue weighted by Crippen LogP contribution is 2.10. The fraction of sp³-hybridized carbons (Fsp3) is 0.933. The zero-order valence-electron chi connectivity index (χ0n) is 13.7. The average Bonchev–Trinajstić information content (AvgIpc) is 2.39. The fourth-order valence-corrected chi connectivity index (χ4v) is 2.49. The van der Waals surface area contributed by atoms with Crippen LogP contribution in [0.3, 0.4) is 0 Å². The van der Waals surface area contributed by atoms with Crippen LogP contribution in [0.25, 0.3) is 0 Å². The third-order valence-electron chi connectivity index (χ3n) is 3.91. The molecule has 0 aromatic heterocycles. The van der Waals surface area contributed by atoms with Gasteiger partial charge in [0.1, 0.15) is 0 Å². The Bertz CT molecular complexity index is 273. The van der Waals surface area contributed by atoms with Crippen LogP contribution in [0, 0.1) is 0 Å².